The molecule has 0 aliphatic heterocycles. The minimum absolute atomic E-state index is 0.122. The van der Waals surface area contributed by atoms with E-state index >= 15 is 0 Å². The summed E-state index contributed by atoms with van der Waals surface area (Å²) in [6.07, 6.45) is -4.95. The van der Waals surface area contributed by atoms with Crippen LogP contribution in [0.5, 0.6) is 0 Å². The first-order chi connectivity index (χ1) is 9.43. The zero-order valence-corrected chi connectivity index (χ0v) is 10.8. The zero-order chi connectivity index (χ0) is 14.6. The first-order valence-corrected chi connectivity index (χ1v) is 6.32. The Kier molecular flexibility index (Phi) is 4.14. The summed E-state index contributed by atoms with van der Waals surface area (Å²) in [5.41, 5.74) is -2.17. The largest absolute Gasteiger partial charge is 0.421 e. The fraction of sp³-hybridized carbons (Fsp3) is 0.250. The maximum absolute atomic E-state index is 13.2. The normalized spacial score (nSPS) is 14.8. The van der Waals surface area contributed by atoms with Crippen LogP contribution in [0, 0.1) is 0 Å². The van der Waals surface area contributed by atoms with E-state index in [9.17, 15) is 18.3 Å². The maximum Gasteiger partial charge on any atom is 0.421 e. The molecule has 0 saturated heterocycles. The van der Waals surface area contributed by atoms with Crippen molar-refractivity contribution < 1.29 is 18.3 Å². The summed E-state index contributed by atoms with van der Waals surface area (Å²) >= 11 is 0. The average Bonchev–Trinajstić information content (AvgIpc) is 2.45. The van der Waals surface area contributed by atoms with Crippen molar-refractivity contribution in [1.82, 2.24) is 0 Å². The lowest BCUT2D eigenvalue weighted by Gasteiger charge is -2.31. The van der Waals surface area contributed by atoms with E-state index in [-0.39, 0.29) is 12.0 Å². The van der Waals surface area contributed by atoms with Gasteiger partial charge in [-0.15, -0.1) is 0 Å². The number of hydrogen-bond acceptors (Lipinski definition) is 1. The molecule has 20 heavy (non-hydrogen) atoms. The molecular weight excluding hydrogens is 265 g/mol. The highest BCUT2D eigenvalue weighted by molar-refractivity contribution is 5.25. The second kappa shape index (κ2) is 5.67. The van der Waals surface area contributed by atoms with Gasteiger partial charge in [-0.2, -0.15) is 13.2 Å². The fourth-order valence-electron chi connectivity index (χ4n) is 2.13. The van der Waals surface area contributed by atoms with Crippen LogP contribution in [-0.2, 0) is 12.0 Å². The highest BCUT2D eigenvalue weighted by Crippen LogP contribution is 2.42. The molecular formula is C16H15F3O. The van der Waals surface area contributed by atoms with Crippen molar-refractivity contribution in [3.63, 3.8) is 0 Å². The van der Waals surface area contributed by atoms with Crippen molar-refractivity contribution in [2.24, 2.45) is 0 Å². The van der Waals surface area contributed by atoms with E-state index in [0.29, 0.717) is 0 Å². The molecule has 1 unspecified atom stereocenters. The lowest BCUT2D eigenvalue weighted by Crippen LogP contribution is -2.42. The van der Waals surface area contributed by atoms with Crippen LogP contribution in [0.25, 0.3) is 0 Å². The van der Waals surface area contributed by atoms with Crippen LogP contribution >= 0.6 is 0 Å². The maximum atomic E-state index is 13.2. The van der Waals surface area contributed by atoms with Crippen molar-refractivity contribution in [2.75, 3.05) is 0 Å². The van der Waals surface area contributed by atoms with Gasteiger partial charge >= 0.3 is 6.18 Å². The summed E-state index contributed by atoms with van der Waals surface area (Å²) in [6, 6.07) is 16.1. The van der Waals surface area contributed by atoms with Gasteiger partial charge in [0.2, 0.25) is 0 Å². The van der Waals surface area contributed by atoms with Gasteiger partial charge in [-0.3, -0.25) is 0 Å². The summed E-state index contributed by atoms with van der Waals surface area (Å²) < 4.78 is 39.7. The zero-order valence-electron chi connectivity index (χ0n) is 10.8. The Balaban J connectivity index is 2.25. The van der Waals surface area contributed by atoms with Gasteiger partial charge in [-0.05, 0) is 24.0 Å². The molecule has 106 valence electrons. The lowest BCUT2D eigenvalue weighted by atomic mass is 9.87. The van der Waals surface area contributed by atoms with Gasteiger partial charge in [0.15, 0.2) is 5.60 Å². The summed E-state index contributed by atoms with van der Waals surface area (Å²) in [5.74, 6) is 0. The molecule has 0 aliphatic rings. The molecule has 0 spiro atoms. The summed E-state index contributed by atoms with van der Waals surface area (Å²) in [6.45, 7) is 0. The number of benzene rings is 2. The second-order valence-electron chi connectivity index (χ2n) is 4.71. The van der Waals surface area contributed by atoms with E-state index in [1.54, 1.807) is 36.4 Å². The standard InChI is InChI=1S/C16H15F3O/c17-16(18,19)15(20,14-9-5-2-6-10-14)12-11-13-7-3-1-4-8-13/h1-10,20H,11-12H2. The molecule has 0 aliphatic carbocycles. The molecule has 0 radical (unpaired) electrons. The quantitative estimate of drug-likeness (QED) is 0.895. The smallest absolute Gasteiger partial charge is 0.376 e. The molecule has 0 heterocycles. The molecule has 1 nitrogen and oxygen atoms in total. The minimum Gasteiger partial charge on any atom is -0.376 e. The van der Waals surface area contributed by atoms with Gasteiger partial charge in [0.25, 0.3) is 0 Å². The summed E-state index contributed by atoms with van der Waals surface area (Å²) in [5, 5.41) is 10.2. The van der Waals surface area contributed by atoms with Crippen LogP contribution in [0.2, 0.25) is 0 Å². The minimum atomic E-state index is -4.71. The Labute approximate surface area is 115 Å². The Morgan fingerprint density at radius 2 is 1.30 bits per heavy atom. The van der Waals surface area contributed by atoms with E-state index < -0.39 is 18.2 Å². The Morgan fingerprint density at radius 1 is 0.800 bits per heavy atom. The molecule has 2 rings (SSSR count). The molecule has 0 saturated carbocycles. The average molecular weight is 280 g/mol. The molecule has 0 amide bonds. The van der Waals surface area contributed by atoms with Gasteiger partial charge < -0.3 is 5.11 Å². The third kappa shape index (κ3) is 3.02. The topological polar surface area (TPSA) is 20.2 Å². The molecule has 4 heteroatoms. The van der Waals surface area contributed by atoms with E-state index in [4.69, 9.17) is 0 Å². The van der Waals surface area contributed by atoms with Crippen LogP contribution < -0.4 is 0 Å². The van der Waals surface area contributed by atoms with Crippen LogP contribution in [0.4, 0.5) is 13.2 Å². The first kappa shape index (κ1) is 14.6. The predicted molar refractivity (Wildman–Crippen MR) is 71.2 cm³/mol. The van der Waals surface area contributed by atoms with Crippen molar-refractivity contribution in [2.45, 2.75) is 24.6 Å². The third-order valence-electron chi connectivity index (χ3n) is 3.34. The highest BCUT2D eigenvalue weighted by atomic mass is 19.4. The molecule has 0 bridgehead atoms. The fourth-order valence-corrected chi connectivity index (χ4v) is 2.13. The molecule has 0 aromatic heterocycles. The monoisotopic (exact) mass is 280 g/mol. The Hall–Kier alpha value is -1.81. The SMILES string of the molecule is OC(CCc1ccccc1)(c1ccccc1)C(F)(F)F. The Morgan fingerprint density at radius 3 is 1.80 bits per heavy atom. The van der Waals surface area contributed by atoms with Crippen LogP contribution in [0.3, 0.4) is 0 Å². The van der Waals surface area contributed by atoms with Crippen LogP contribution in [0.1, 0.15) is 17.5 Å². The number of rotatable bonds is 4. The molecule has 0 fully saturated rings. The van der Waals surface area contributed by atoms with Crippen molar-refractivity contribution >= 4 is 0 Å². The third-order valence-corrected chi connectivity index (χ3v) is 3.34. The van der Waals surface area contributed by atoms with E-state index in [1.165, 1.54) is 24.3 Å². The molecule has 1 atom stereocenters. The van der Waals surface area contributed by atoms with Gasteiger partial charge in [0.1, 0.15) is 0 Å². The lowest BCUT2D eigenvalue weighted by molar-refractivity contribution is -0.269. The number of aliphatic hydroxyl groups is 1. The number of aryl methyl sites for hydroxylation is 1. The van der Waals surface area contributed by atoms with Gasteiger partial charge in [-0.1, -0.05) is 60.7 Å². The van der Waals surface area contributed by atoms with E-state index in [0.717, 1.165) is 5.56 Å². The van der Waals surface area contributed by atoms with Crippen LogP contribution in [-0.4, -0.2) is 11.3 Å². The van der Waals surface area contributed by atoms with Gasteiger partial charge in [0, 0.05) is 0 Å². The molecule has 2 aromatic rings. The number of alkyl halides is 3. The van der Waals surface area contributed by atoms with Crippen molar-refractivity contribution in [3.05, 3.63) is 71.8 Å². The highest BCUT2D eigenvalue weighted by Gasteiger charge is 2.54. The number of halogens is 3. The molecule has 1 N–H and O–H groups in total. The van der Waals surface area contributed by atoms with Gasteiger partial charge in [0.05, 0.1) is 0 Å². The van der Waals surface area contributed by atoms with E-state index in [1.807, 2.05) is 0 Å². The predicted octanol–water partition coefficient (Wildman–Crippen LogP) is 4.07. The first-order valence-electron chi connectivity index (χ1n) is 6.32. The summed E-state index contributed by atoms with van der Waals surface area (Å²) in [7, 11) is 0. The second-order valence-corrected chi connectivity index (χ2v) is 4.71. The van der Waals surface area contributed by atoms with Gasteiger partial charge in [-0.25, -0.2) is 0 Å². The van der Waals surface area contributed by atoms with Crippen molar-refractivity contribution in [1.29, 1.82) is 0 Å². The number of hydrogen-bond donors (Lipinski definition) is 1. The summed E-state index contributed by atoms with van der Waals surface area (Å²) in [4.78, 5) is 0. The van der Waals surface area contributed by atoms with E-state index in [2.05, 4.69) is 0 Å². The molecule has 2 aromatic carbocycles. The Bertz CT molecular complexity index is 537. The van der Waals surface area contributed by atoms with Crippen molar-refractivity contribution in [3.8, 4) is 0 Å². The van der Waals surface area contributed by atoms with Crippen LogP contribution in [0.15, 0.2) is 60.7 Å².